The molecule has 1 aromatic rings. The van der Waals surface area contributed by atoms with E-state index in [0.29, 0.717) is 19.6 Å². The van der Waals surface area contributed by atoms with Crippen molar-refractivity contribution in [2.24, 2.45) is 0 Å². The minimum absolute atomic E-state index is 0.138. The van der Waals surface area contributed by atoms with Gasteiger partial charge in [-0.05, 0) is 32.8 Å². The summed E-state index contributed by atoms with van der Waals surface area (Å²) in [4.78, 5) is 16.6. The predicted octanol–water partition coefficient (Wildman–Crippen LogP) is 1.88. The molecule has 2 atom stereocenters. The van der Waals surface area contributed by atoms with Crippen LogP contribution in [0.2, 0.25) is 0 Å². The number of rotatable bonds is 5. The molecular weight excluding hydrogens is 264 g/mol. The number of nitrogens with zero attached hydrogens (tertiary/aromatic N) is 2. The van der Waals surface area contributed by atoms with Gasteiger partial charge in [0.05, 0.1) is 11.6 Å². The van der Waals surface area contributed by atoms with Crippen LogP contribution in [0.3, 0.4) is 0 Å². The standard InChI is InChI=1S/C17H26N2O2/c1-4-18(12-15-8-6-5-7-9-15)16(20)14(2)19-11-10-17(3,21)13-19/h5-9,14,21H,4,10-13H2,1-3H3/t14-,17+/m0/s1. The maximum atomic E-state index is 12.7. The van der Waals surface area contributed by atoms with Crippen LogP contribution in [0.5, 0.6) is 0 Å². The maximum Gasteiger partial charge on any atom is 0.239 e. The highest BCUT2D eigenvalue weighted by Gasteiger charge is 2.36. The summed E-state index contributed by atoms with van der Waals surface area (Å²) in [5.74, 6) is 0.138. The molecule has 1 saturated heterocycles. The van der Waals surface area contributed by atoms with E-state index in [-0.39, 0.29) is 11.9 Å². The van der Waals surface area contributed by atoms with Crippen LogP contribution in [-0.2, 0) is 11.3 Å². The Morgan fingerprint density at radius 1 is 1.43 bits per heavy atom. The molecule has 0 aromatic heterocycles. The van der Waals surface area contributed by atoms with E-state index in [1.807, 2.05) is 56.0 Å². The largest absolute Gasteiger partial charge is 0.389 e. The average Bonchev–Trinajstić information content (AvgIpc) is 2.84. The highest BCUT2D eigenvalue weighted by atomic mass is 16.3. The molecule has 1 fully saturated rings. The van der Waals surface area contributed by atoms with E-state index >= 15 is 0 Å². The third-order valence-electron chi connectivity index (χ3n) is 4.30. The molecule has 4 nitrogen and oxygen atoms in total. The summed E-state index contributed by atoms with van der Waals surface area (Å²) >= 11 is 0. The van der Waals surface area contributed by atoms with Gasteiger partial charge in [0.1, 0.15) is 0 Å². The summed E-state index contributed by atoms with van der Waals surface area (Å²) in [7, 11) is 0. The summed E-state index contributed by atoms with van der Waals surface area (Å²) in [6.45, 7) is 8.48. The molecule has 0 saturated carbocycles. The Bertz CT molecular complexity index is 473. The molecule has 0 unspecified atom stereocenters. The number of carbonyl (C=O) groups excluding carboxylic acids is 1. The van der Waals surface area contributed by atoms with Crippen LogP contribution in [0, 0.1) is 0 Å². The van der Waals surface area contributed by atoms with Crippen molar-refractivity contribution in [3.05, 3.63) is 35.9 Å². The molecule has 0 bridgehead atoms. The Kier molecular flexibility index (Phi) is 5.01. The zero-order valence-electron chi connectivity index (χ0n) is 13.2. The van der Waals surface area contributed by atoms with Gasteiger partial charge < -0.3 is 10.0 Å². The number of hydrogen-bond donors (Lipinski definition) is 1. The van der Waals surface area contributed by atoms with E-state index in [9.17, 15) is 9.90 Å². The van der Waals surface area contributed by atoms with Crippen LogP contribution < -0.4 is 0 Å². The van der Waals surface area contributed by atoms with Crippen molar-refractivity contribution >= 4 is 5.91 Å². The Morgan fingerprint density at radius 3 is 2.62 bits per heavy atom. The molecule has 1 amide bonds. The SMILES string of the molecule is CCN(Cc1ccccc1)C(=O)[C@H](C)N1CC[C@@](C)(O)C1. The molecule has 21 heavy (non-hydrogen) atoms. The number of amides is 1. The van der Waals surface area contributed by atoms with Crippen molar-refractivity contribution in [3.8, 4) is 0 Å². The summed E-state index contributed by atoms with van der Waals surface area (Å²) in [6.07, 6.45) is 0.732. The summed E-state index contributed by atoms with van der Waals surface area (Å²) in [6, 6.07) is 9.88. The summed E-state index contributed by atoms with van der Waals surface area (Å²) < 4.78 is 0. The first-order chi connectivity index (χ1) is 9.93. The number of hydrogen-bond acceptors (Lipinski definition) is 3. The number of likely N-dealkylation sites (tertiary alicyclic amines) is 1. The Morgan fingerprint density at radius 2 is 2.10 bits per heavy atom. The van der Waals surface area contributed by atoms with Gasteiger partial charge in [0.2, 0.25) is 5.91 Å². The molecule has 2 rings (SSSR count). The fourth-order valence-electron chi connectivity index (χ4n) is 2.88. The van der Waals surface area contributed by atoms with Crippen LogP contribution in [0.1, 0.15) is 32.8 Å². The lowest BCUT2D eigenvalue weighted by atomic mass is 10.1. The van der Waals surface area contributed by atoms with E-state index in [1.165, 1.54) is 0 Å². The van der Waals surface area contributed by atoms with E-state index in [0.717, 1.165) is 18.5 Å². The van der Waals surface area contributed by atoms with Gasteiger partial charge in [-0.3, -0.25) is 9.69 Å². The first-order valence-electron chi connectivity index (χ1n) is 7.72. The van der Waals surface area contributed by atoms with Crippen molar-refractivity contribution in [2.45, 2.75) is 45.4 Å². The van der Waals surface area contributed by atoms with Crippen molar-refractivity contribution in [3.63, 3.8) is 0 Å². The third-order valence-corrected chi connectivity index (χ3v) is 4.30. The zero-order chi connectivity index (χ0) is 15.5. The molecule has 4 heteroatoms. The van der Waals surface area contributed by atoms with Crippen LogP contribution in [0.4, 0.5) is 0 Å². The monoisotopic (exact) mass is 290 g/mol. The number of β-amino-alcohol motifs (C(OH)–C–C–N with tert-alkyl or cyclic N) is 1. The molecule has 1 aliphatic heterocycles. The van der Waals surface area contributed by atoms with Gasteiger partial charge in [-0.2, -0.15) is 0 Å². The van der Waals surface area contributed by atoms with Gasteiger partial charge in [-0.25, -0.2) is 0 Å². The highest BCUT2D eigenvalue weighted by Crippen LogP contribution is 2.23. The normalized spacial score (nSPS) is 24.0. The van der Waals surface area contributed by atoms with Gasteiger partial charge >= 0.3 is 0 Å². The molecule has 0 spiro atoms. The summed E-state index contributed by atoms with van der Waals surface area (Å²) in [5.41, 5.74) is 0.485. The molecule has 1 N–H and O–H groups in total. The van der Waals surface area contributed by atoms with E-state index in [4.69, 9.17) is 0 Å². The first kappa shape index (κ1) is 16.0. The lowest BCUT2D eigenvalue weighted by Crippen LogP contribution is -2.47. The lowest BCUT2D eigenvalue weighted by molar-refractivity contribution is -0.136. The van der Waals surface area contributed by atoms with Gasteiger partial charge in [-0.15, -0.1) is 0 Å². The second-order valence-electron chi connectivity index (χ2n) is 6.23. The molecule has 116 valence electrons. The quantitative estimate of drug-likeness (QED) is 0.900. The smallest absolute Gasteiger partial charge is 0.239 e. The second-order valence-corrected chi connectivity index (χ2v) is 6.23. The lowest BCUT2D eigenvalue weighted by Gasteiger charge is -2.30. The fourth-order valence-corrected chi connectivity index (χ4v) is 2.88. The Labute approximate surface area is 127 Å². The van der Waals surface area contributed by atoms with Crippen molar-refractivity contribution in [1.82, 2.24) is 9.80 Å². The molecule has 1 aromatic carbocycles. The van der Waals surface area contributed by atoms with Crippen LogP contribution in [0.15, 0.2) is 30.3 Å². The van der Waals surface area contributed by atoms with Crippen LogP contribution in [-0.4, -0.2) is 52.1 Å². The zero-order valence-corrected chi connectivity index (χ0v) is 13.2. The predicted molar refractivity (Wildman–Crippen MR) is 83.8 cm³/mol. The fraction of sp³-hybridized carbons (Fsp3) is 0.588. The first-order valence-corrected chi connectivity index (χ1v) is 7.72. The van der Waals surface area contributed by atoms with Crippen LogP contribution >= 0.6 is 0 Å². The van der Waals surface area contributed by atoms with Crippen molar-refractivity contribution < 1.29 is 9.90 Å². The number of benzene rings is 1. The van der Waals surface area contributed by atoms with Gasteiger partial charge in [-0.1, -0.05) is 30.3 Å². The minimum Gasteiger partial charge on any atom is -0.389 e. The topological polar surface area (TPSA) is 43.8 Å². The number of carbonyl (C=O) groups is 1. The second kappa shape index (κ2) is 6.58. The highest BCUT2D eigenvalue weighted by molar-refractivity contribution is 5.81. The summed E-state index contributed by atoms with van der Waals surface area (Å²) in [5, 5.41) is 10.1. The Hall–Kier alpha value is -1.39. The van der Waals surface area contributed by atoms with Gasteiger partial charge in [0.25, 0.3) is 0 Å². The minimum atomic E-state index is -0.662. The van der Waals surface area contributed by atoms with Gasteiger partial charge in [0.15, 0.2) is 0 Å². The van der Waals surface area contributed by atoms with E-state index in [1.54, 1.807) is 0 Å². The number of likely N-dealkylation sites (N-methyl/N-ethyl adjacent to an activating group) is 1. The van der Waals surface area contributed by atoms with Crippen LogP contribution in [0.25, 0.3) is 0 Å². The van der Waals surface area contributed by atoms with E-state index < -0.39 is 5.60 Å². The van der Waals surface area contributed by atoms with E-state index in [2.05, 4.69) is 4.90 Å². The molecular formula is C17H26N2O2. The third kappa shape index (κ3) is 4.05. The molecule has 1 heterocycles. The van der Waals surface area contributed by atoms with Crippen molar-refractivity contribution in [2.75, 3.05) is 19.6 Å². The maximum absolute atomic E-state index is 12.7. The molecule has 1 aliphatic rings. The average molecular weight is 290 g/mol. The molecule has 0 radical (unpaired) electrons. The van der Waals surface area contributed by atoms with Gasteiger partial charge in [0, 0.05) is 26.2 Å². The molecule has 0 aliphatic carbocycles. The number of aliphatic hydroxyl groups is 1. The van der Waals surface area contributed by atoms with Crippen molar-refractivity contribution in [1.29, 1.82) is 0 Å². The Balaban J connectivity index is 1.99.